The molecule has 0 aromatic heterocycles. The first-order valence-corrected chi connectivity index (χ1v) is 8.83. The number of hydrogen-bond acceptors (Lipinski definition) is 4. The van der Waals surface area contributed by atoms with Gasteiger partial charge in [-0.15, -0.1) is 6.58 Å². The molecule has 7 heteroatoms. The zero-order valence-electron chi connectivity index (χ0n) is 11.0. The van der Waals surface area contributed by atoms with E-state index in [1.165, 1.54) is 0 Å². The molecular weight excluding hydrogens is 282 g/mol. The van der Waals surface area contributed by atoms with E-state index in [-0.39, 0.29) is 6.04 Å². The molecule has 0 spiro atoms. The molecule has 1 N–H and O–H groups in total. The highest BCUT2D eigenvalue weighted by atomic mass is 32.2. The molecule has 2 heterocycles. The molecule has 0 aromatic carbocycles. The van der Waals surface area contributed by atoms with Gasteiger partial charge in [-0.05, 0) is 18.6 Å². The van der Waals surface area contributed by atoms with Crippen molar-refractivity contribution < 1.29 is 8.42 Å². The minimum atomic E-state index is -2.79. The van der Waals surface area contributed by atoms with Crippen molar-refractivity contribution >= 4 is 27.2 Å². The Morgan fingerprint density at radius 2 is 2.05 bits per heavy atom. The van der Waals surface area contributed by atoms with Crippen molar-refractivity contribution in [2.75, 3.05) is 44.2 Å². The molecule has 0 radical (unpaired) electrons. The van der Waals surface area contributed by atoms with Gasteiger partial charge in [-0.25, -0.2) is 8.42 Å². The summed E-state index contributed by atoms with van der Waals surface area (Å²) in [5.74, 6) is 0.670. The number of sulfone groups is 1. The van der Waals surface area contributed by atoms with Gasteiger partial charge in [-0.3, -0.25) is 4.90 Å². The molecule has 108 valence electrons. The number of piperazine rings is 1. The van der Waals surface area contributed by atoms with E-state index in [0.29, 0.717) is 18.1 Å². The molecule has 2 fully saturated rings. The molecule has 19 heavy (non-hydrogen) atoms. The lowest BCUT2D eigenvalue weighted by Crippen LogP contribution is -2.54. The summed E-state index contributed by atoms with van der Waals surface area (Å²) in [6.07, 6.45) is 2.56. The second kappa shape index (κ2) is 6.19. The monoisotopic (exact) mass is 303 g/mol. The number of thiocarbonyl (C=S) groups is 1. The highest BCUT2D eigenvalue weighted by molar-refractivity contribution is 7.91. The SMILES string of the molecule is C=CCNC(=S)N1CCN([C@@H]2CCS(=O)(=O)C2)CC1. The predicted octanol–water partition coefficient (Wildman–Crippen LogP) is -0.148. The van der Waals surface area contributed by atoms with E-state index in [1.807, 2.05) is 0 Å². The van der Waals surface area contributed by atoms with Gasteiger partial charge in [0.2, 0.25) is 0 Å². The summed E-state index contributed by atoms with van der Waals surface area (Å²) in [5.41, 5.74) is 0. The minimum absolute atomic E-state index is 0.210. The van der Waals surface area contributed by atoms with Crippen LogP contribution in [0.2, 0.25) is 0 Å². The van der Waals surface area contributed by atoms with Gasteiger partial charge in [0, 0.05) is 38.8 Å². The summed E-state index contributed by atoms with van der Waals surface area (Å²) >= 11 is 5.30. The van der Waals surface area contributed by atoms with Gasteiger partial charge in [-0.1, -0.05) is 6.08 Å². The molecule has 2 rings (SSSR count). The maximum Gasteiger partial charge on any atom is 0.169 e. The van der Waals surface area contributed by atoms with Crippen LogP contribution in [0.4, 0.5) is 0 Å². The average molecular weight is 303 g/mol. The highest BCUT2D eigenvalue weighted by Gasteiger charge is 2.33. The number of nitrogens with one attached hydrogen (secondary N) is 1. The predicted molar refractivity (Wildman–Crippen MR) is 81.0 cm³/mol. The van der Waals surface area contributed by atoms with Crippen molar-refractivity contribution in [3.8, 4) is 0 Å². The third-order valence-electron chi connectivity index (χ3n) is 3.72. The molecule has 2 aliphatic heterocycles. The Morgan fingerprint density at radius 1 is 1.37 bits per heavy atom. The van der Waals surface area contributed by atoms with Gasteiger partial charge in [-0.2, -0.15) is 0 Å². The Morgan fingerprint density at radius 3 is 2.58 bits per heavy atom. The molecule has 2 saturated heterocycles. The fraction of sp³-hybridized carbons (Fsp3) is 0.750. The van der Waals surface area contributed by atoms with Gasteiger partial charge >= 0.3 is 0 Å². The van der Waals surface area contributed by atoms with Crippen molar-refractivity contribution in [2.45, 2.75) is 12.5 Å². The van der Waals surface area contributed by atoms with Crippen molar-refractivity contribution in [1.29, 1.82) is 0 Å². The van der Waals surface area contributed by atoms with Crippen LogP contribution in [0.5, 0.6) is 0 Å². The molecule has 0 saturated carbocycles. The van der Waals surface area contributed by atoms with E-state index >= 15 is 0 Å². The first-order valence-electron chi connectivity index (χ1n) is 6.60. The lowest BCUT2D eigenvalue weighted by Gasteiger charge is -2.38. The Hall–Kier alpha value is -0.660. The van der Waals surface area contributed by atoms with Crippen LogP contribution in [-0.2, 0) is 9.84 Å². The van der Waals surface area contributed by atoms with Crippen LogP contribution < -0.4 is 5.32 Å². The second-order valence-electron chi connectivity index (χ2n) is 5.05. The maximum absolute atomic E-state index is 11.5. The molecule has 1 atom stereocenters. The average Bonchev–Trinajstić information content (AvgIpc) is 2.76. The second-order valence-corrected chi connectivity index (χ2v) is 7.67. The summed E-state index contributed by atoms with van der Waals surface area (Å²) in [5, 5.41) is 3.89. The van der Waals surface area contributed by atoms with Crippen molar-refractivity contribution in [2.24, 2.45) is 0 Å². The van der Waals surface area contributed by atoms with Crippen LogP contribution in [-0.4, -0.2) is 73.6 Å². The number of hydrogen-bond donors (Lipinski definition) is 1. The zero-order chi connectivity index (χ0) is 13.9. The van der Waals surface area contributed by atoms with Crippen LogP contribution >= 0.6 is 12.2 Å². The Kier molecular flexibility index (Phi) is 4.81. The number of nitrogens with zero attached hydrogens (tertiary/aromatic N) is 2. The zero-order valence-corrected chi connectivity index (χ0v) is 12.7. The van der Waals surface area contributed by atoms with E-state index in [9.17, 15) is 8.42 Å². The van der Waals surface area contributed by atoms with Crippen LogP contribution in [0.25, 0.3) is 0 Å². The van der Waals surface area contributed by atoms with E-state index in [1.54, 1.807) is 6.08 Å². The normalized spacial score (nSPS) is 27.2. The Bertz CT molecular complexity index is 442. The summed E-state index contributed by atoms with van der Waals surface area (Å²) in [6.45, 7) is 7.82. The van der Waals surface area contributed by atoms with Crippen LogP contribution in [0, 0.1) is 0 Å². The minimum Gasteiger partial charge on any atom is -0.359 e. The van der Waals surface area contributed by atoms with Gasteiger partial charge < -0.3 is 10.2 Å². The fourth-order valence-electron chi connectivity index (χ4n) is 2.62. The summed E-state index contributed by atoms with van der Waals surface area (Å²) < 4.78 is 23.0. The first kappa shape index (κ1) is 14.7. The lowest BCUT2D eigenvalue weighted by atomic mass is 10.2. The lowest BCUT2D eigenvalue weighted by molar-refractivity contribution is 0.142. The van der Waals surface area contributed by atoms with Gasteiger partial charge in [0.25, 0.3) is 0 Å². The quantitative estimate of drug-likeness (QED) is 0.578. The molecule has 0 aromatic rings. The maximum atomic E-state index is 11.5. The summed E-state index contributed by atoms with van der Waals surface area (Å²) in [6, 6.07) is 0.210. The van der Waals surface area contributed by atoms with E-state index in [0.717, 1.165) is 37.7 Å². The molecule has 0 bridgehead atoms. The van der Waals surface area contributed by atoms with Crippen molar-refractivity contribution in [3.63, 3.8) is 0 Å². The van der Waals surface area contributed by atoms with Crippen LogP contribution in [0.3, 0.4) is 0 Å². The summed E-state index contributed by atoms with van der Waals surface area (Å²) in [7, 11) is -2.79. The van der Waals surface area contributed by atoms with Crippen molar-refractivity contribution in [1.82, 2.24) is 15.1 Å². The third-order valence-corrected chi connectivity index (χ3v) is 5.88. The highest BCUT2D eigenvalue weighted by Crippen LogP contribution is 2.19. The third kappa shape index (κ3) is 3.90. The molecule has 2 aliphatic rings. The smallest absolute Gasteiger partial charge is 0.169 e. The molecule has 0 aliphatic carbocycles. The van der Waals surface area contributed by atoms with Gasteiger partial charge in [0.1, 0.15) is 0 Å². The fourth-order valence-corrected chi connectivity index (χ4v) is 4.65. The van der Waals surface area contributed by atoms with E-state index in [2.05, 4.69) is 21.7 Å². The topological polar surface area (TPSA) is 52.6 Å². The molecule has 0 amide bonds. The Labute approximate surface area is 120 Å². The molecular formula is C12H21N3O2S2. The molecule has 5 nitrogen and oxygen atoms in total. The first-order chi connectivity index (χ1) is 9.02. The van der Waals surface area contributed by atoms with Crippen molar-refractivity contribution in [3.05, 3.63) is 12.7 Å². The van der Waals surface area contributed by atoms with Gasteiger partial charge in [0.05, 0.1) is 11.5 Å². The van der Waals surface area contributed by atoms with E-state index in [4.69, 9.17) is 12.2 Å². The van der Waals surface area contributed by atoms with Crippen LogP contribution in [0.1, 0.15) is 6.42 Å². The molecule has 0 unspecified atom stereocenters. The number of rotatable bonds is 3. The Balaban J connectivity index is 1.79. The summed E-state index contributed by atoms with van der Waals surface area (Å²) in [4.78, 5) is 4.43. The van der Waals surface area contributed by atoms with Crippen LogP contribution in [0.15, 0.2) is 12.7 Å². The largest absolute Gasteiger partial charge is 0.359 e. The van der Waals surface area contributed by atoms with E-state index < -0.39 is 9.84 Å². The van der Waals surface area contributed by atoms with Gasteiger partial charge in [0.15, 0.2) is 14.9 Å². The standard InChI is InChI=1S/C12H21N3O2S2/c1-2-4-13-12(18)15-7-5-14(6-8-15)11-3-9-19(16,17)10-11/h2,11H,1,3-10H2,(H,13,18)/t11-/m1/s1.